The number of β-amino-alcohol motifs (C(OH)–C–C–N with tert-alkyl or cyclic N) is 1. The Balaban J connectivity index is 1.40. The lowest BCUT2D eigenvalue weighted by Gasteiger charge is -2.58. The van der Waals surface area contributed by atoms with Crippen molar-refractivity contribution < 1.29 is 14.7 Å². The summed E-state index contributed by atoms with van der Waals surface area (Å²) < 4.78 is 0. The first kappa shape index (κ1) is 19.6. The summed E-state index contributed by atoms with van der Waals surface area (Å²) in [7, 11) is 0. The van der Waals surface area contributed by atoms with Crippen molar-refractivity contribution in [3.8, 4) is 0 Å². The van der Waals surface area contributed by atoms with Gasteiger partial charge in [-0.05, 0) is 36.2 Å². The largest absolute Gasteiger partial charge is 0.392 e. The number of carbonyl (C=O) groups is 2. The standard InChI is InChI=1S/C22H23ClN4O3/c23-16-5-3-4-15(8-16)10-26-20(29)19-9-18(28)12-27(19)22(21(26)30)13-25(14-22)11-17-6-1-2-7-24-17/h1-8,18-19,28H,9-14H2. The number of piperazine rings is 1. The Bertz CT molecular complexity index is 979. The number of halogens is 1. The van der Waals surface area contributed by atoms with E-state index >= 15 is 0 Å². The van der Waals surface area contributed by atoms with Gasteiger partial charge in [0.15, 0.2) is 0 Å². The van der Waals surface area contributed by atoms with E-state index in [1.54, 1.807) is 18.3 Å². The van der Waals surface area contributed by atoms with Crippen LogP contribution in [0.5, 0.6) is 0 Å². The second-order valence-electron chi connectivity index (χ2n) is 8.41. The summed E-state index contributed by atoms with van der Waals surface area (Å²) >= 11 is 6.09. The Kier molecular flexibility index (Phi) is 4.86. The number of pyridine rings is 1. The van der Waals surface area contributed by atoms with Crippen molar-refractivity contribution in [3.63, 3.8) is 0 Å². The van der Waals surface area contributed by atoms with Crippen molar-refractivity contribution >= 4 is 23.4 Å². The third-order valence-electron chi connectivity index (χ3n) is 6.33. The molecule has 0 aliphatic carbocycles. The van der Waals surface area contributed by atoms with Gasteiger partial charge in [-0.3, -0.25) is 29.3 Å². The number of nitrogens with zero attached hydrogens (tertiary/aromatic N) is 4. The molecule has 3 aliphatic rings. The number of rotatable bonds is 4. The van der Waals surface area contributed by atoms with E-state index < -0.39 is 17.7 Å². The molecule has 7 nitrogen and oxygen atoms in total. The first-order valence-corrected chi connectivity index (χ1v) is 10.5. The van der Waals surface area contributed by atoms with E-state index in [1.807, 2.05) is 35.2 Å². The van der Waals surface area contributed by atoms with Crippen molar-refractivity contribution in [2.75, 3.05) is 19.6 Å². The molecule has 5 rings (SSSR count). The third kappa shape index (κ3) is 3.22. The molecule has 2 atom stereocenters. The normalized spacial score (nSPS) is 26.1. The summed E-state index contributed by atoms with van der Waals surface area (Å²) in [6, 6.07) is 12.5. The average Bonchev–Trinajstić information content (AvgIpc) is 3.10. The molecule has 0 radical (unpaired) electrons. The highest BCUT2D eigenvalue weighted by Gasteiger charge is 2.64. The molecule has 2 aromatic rings. The van der Waals surface area contributed by atoms with Gasteiger partial charge in [0.05, 0.1) is 24.4 Å². The molecule has 2 amide bonds. The van der Waals surface area contributed by atoms with Gasteiger partial charge >= 0.3 is 0 Å². The maximum absolute atomic E-state index is 13.6. The number of hydrogen-bond donors (Lipinski definition) is 1. The maximum Gasteiger partial charge on any atom is 0.252 e. The molecule has 3 saturated heterocycles. The number of hydrogen-bond acceptors (Lipinski definition) is 6. The van der Waals surface area contributed by atoms with Gasteiger partial charge in [-0.2, -0.15) is 0 Å². The van der Waals surface area contributed by atoms with Crippen LogP contribution in [0.1, 0.15) is 17.7 Å². The minimum Gasteiger partial charge on any atom is -0.392 e. The van der Waals surface area contributed by atoms with Crippen molar-refractivity contribution in [2.45, 2.75) is 37.2 Å². The van der Waals surface area contributed by atoms with E-state index in [0.717, 1.165) is 11.3 Å². The SMILES string of the molecule is O=C1C2CC(O)CN2C2(CN(Cc3ccccn3)C2)C(=O)N1Cc1cccc(Cl)c1. The molecular formula is C22H23ClN4O3. The van der Waals surface area contributed by atoms with Gasteiger partial charge in [-0.1, -0.05) is 29.8 Å². The Labute approximate surface area is 179 Å². The van der Waals surface area contributed by atoms with Crippen LogP contribution in [0.4, 0.5) is 0 Å². The lowest BCUT2D eigenvalue weighted by Crippen LogP contribution is -2.81. The number of carbonyl (C=O) groups excluding carboxylic acids is 2. The molecule has 8 heteroatoms. The zero-order valence-corrected chi connectivity index (χ0v) is 17.2. The van der Waals surface area contributed by atoms with E-state index in [4.69, 9.17) is 11.6 Å². The summed E-state index contributed by atoms with van der Waals surface area (Å²) in [6.07, 6.45) is 1.52. The molecule has 0 bridgehead atoms. The zero-order chi connectivity index (χ0) is 20.9. The monoisotopic (exact) mass is 426 g/mol. The van der Waals surface area contributed by atoms with Crippen LogP contribution in [0.2, 0.25) is 5.02 Å². The summed E-state index contributed by atoms with van der Waals surface area (Å²) in [6.45, 7) is 2.24. The lowest BCUT2D eigenvalue weighted by atomic mass is 9.82. The summed E-state index contributed by atoms with van der Waals surface area (Å²) in [5.74, 6) is -0.416. The Morgan fingerprint density at radius 3 is 2.70 bits per heavy atom. The molecular weight excluding hydrogens is 404 g/mol. The van der Waals surface area contributed by atoms with E-state index in [-0.39, 0.29) is 18.4 Å². The predicted octanol–water partition coefficient (Wildman–Crippen LogP) is 1.29. The molecule has 3 fully saturated rings. The fraction of sp³-hybridized carbons (Fsp3) is 0.409. The molecule has 4 heterocycles. The number of aliphatic hydroxyl groups excluding tert-OH is 1. The molecule has 1 aromatic heterocycles. The highest BCUT2D eigenvalue weighted by atomic mass is 35.5. The molecule has 30 heavy (non-hydrogen) atoms. The number of amides is 2. The van der Waals surface area contributed by atoms with Crippen LogP contribution in [-0.4, -0.2) is 73.9 Å². The van der Waals surface area contributed by atoms with Gasteiger partial charge in [0.25, 0.3) is 5.91 Å². The first-order chi connectivity index (χ1) is 14.5. The Hall–Kier alpha value is -2.32. The third-order valence-corrected chi connectivity index (χ3v) is 6.57. The van der Waals surface area contributed by atoms with Gasteiger partial charge in [-0.15, -0.1) is 0 Å². The van der Waals surface area contributed by atoms with Gasteiger partial charge in [-0.25, -0.2) is 0 Å². The van der Waals surface area contributed by atoms with Gasteiger partial charge < -0.3 is 5.11 Å². The summed E-state index contributed by atoms with van der Waals surface area (Å²) in [5, 5.41) is 10.8. The topological polar surface area (TPSA) is 77.0 Å². The lowest BCUT2D eigenvalue weighted by molar-refractivity contribution is -0.181. The highest BCUT2D eigenvalue weighted by molar-refractivity contribution is 6.30. The second kappa shape index (κ2) is 7.42. The molecule has 3 aliphatic heterocycles. The van der Waals surface area contributed by atoms with E-state index in [0.29, 0.717) is 37.6 Å². The fourth-order valence-corrected chi connectivity index (χ4v) is 5.20. The predicted molar refractivity (Wildman–Crippen MR) is 110 cm³/mol. The Morgan fingerprint density at radius 2 is 1.97 bits per heavy atom. The molecule has 0 saturated carbocycles. The minimum atomic E-state index is -0.774. The average molecular weight is 427 g/mol. The molecule has 1 spiro atoms. The van der Waals surface area contributed by atoms with E-state index in [9.17, 15) is 14.7 Å². The van der Waals surface area contributed by atoms with Crippen LogP contribution >= 0.6 is 11.6 Å². The Morgan fingerprint density at radius 1 is 1.13 bits per heavy atom. The van der Waals surface area contributed by atoms with Crippen LogP contribution in [0.25, 0.3) is 0 Å². The van der Waals surface area contributed by atoms with Crippen LogP contribution in [0, 0.1) is 0 Å². The number of aromatic nitrogens is 1. The number of likely N-dealkylation sites (tertiary alicyclic amines) is 1. The van der Waals surface area contributed by atoms with Crippen molar-refractivity contribution in [1.29, 1.82) is 0 Å². The summed E-state index contributed by atoms with van der Waals surface area (Å²) in [4.78, 5) is 36.6. The molecule has 156 valence electrons. The zero-order valence-electron chi connectivity index (χ0n) is 16.4. The first-order valence-electron chi connectivity index (χ1n) is 10.1. The minimum absolute atomic E-state index is 0.185. The van der Waals surface area contributed by atoms with Gasteiger partial charge in [0.1, 0.15) is 5.54 Å². The molecule has 2 unspecified atom stereocenters. The summed E-state index contributed by atoms with van der Waals surface area (Å²) in [5.41, 5.74) is 0.986. The van der Waals surface area contributed by atoms with Crippen LogP contribution in [0.3, 0.4) is 0 Å². The number of aliphatic hydroxyl groups is 1. The number of fused-ring (bicyclic) bond motifs is 2. The smallest absolute Gasteiger partial charge is 0.252 e. The molecule has 1 N–H and O–H groups in total. The van der Waals surface area contributed by atoms with Crippen LogP contribution < -0.4 is 0 Å². The van der Waals surface area contributed by atoms with Gasteiger partial charge in [0.2, 0.25) is 5.91 Å². The highest BCUT2D eigenvalue weighted by Crippen LogP contribution is 2.41. The van der Waals surface area contributed by atoms with Crippen molar-refractivity contribution in [2.24, 2.45) is 0 Å². The van der Waals surface area contributed by atoms with Crippen LogP contribution in [0.15, 0.2) is 48.7 Å². The molecule has 1 aromatic carbocycles. The van der Waals surface area contributed by atoms with Crippen LogP contribution in [-0.2, 0) is 22.7 Å². The van der Waals surface area contributed by atoms with E-state index in [1.165, 1.54) is 4.90 Å². The van der Waals surface area contributed by atoms with Crippen molar-refractivity contribution in [1.82, 2.24) is 19.7 Å². The fourth-order valence-electron chi connectivity index (χ4n) is 4.99. The second-order valence-corrected chi connectivity index (χ2v) is 8.85. The number of benzene rings is 1. The maximum atomic E-state index is 13.6. The van der Waals surface area contributed by atoms with E-state index in [2.05, 4.69) is 9.88 Å². The number of imide groups is 1. The quantitative estimate of drug-likeness (QED) is 0.742. The van der Waals surface area contributed by atoms with Gasteiger partial charge in [0, 0.05) is 37.4 Å². The van der Waals surface area contributed by atoms with Crippen molar-refractivity contribution in [3.05, 3.63) is 64.9 Å².